The number of para-hydroxylation sites is 2. The van der Waals surface area contributed by atoms with Crippen LogP contribution in [0.25, 0.3) is 11.0 Å². The molecule has 0 spiro atoms. The molecule has 0 aliphatic rings. The minimum Gasteiger partial charge on any atom is -0.345 e. The molecular formula is C22H16Cl3N3O. The van der Waals surface area contributed by atoms with Crippen LogP contribution in [0.15, 0.2) is 66.7 Å². The van der Waals surface area contributed by atoms with Crippen molar-refractivity contribution in [2.75, 3.05) is 0 Å². The summed E-state index contributed by atoms with van der Waals surface area (Å²) in [7, 11) is 0. The number of nitrogens with zero attached hydrogens (tertiary/aromatic N) is 2. The van der Waals surface area contributed by atoms with Crippen molar-refractivity contribution in [3.05, 3.63) is 98.7 Å². The Bertz CT molecular complexity index is 1190. The lowest BCUT2D eigenvalue weighted by molar-refractivity contribution is 0.0949. The van der Waals surface area contributed by atoms with Crippen LogP contribution in [0.2, 0.25) is 15.1 Å². The first-order chi connectivity index (χ1) is 14.0. The molecule has 1 aromatic heterocycles. The molecule has 0 saturated carbocycles. The first-order valence-corrected chi connectivity index (χ1v) is 10.1. The molecule has 7 heteroatoms. The molecule has 0 fully saturated rings. The second kappa shape index (κ2) is 8.46. The zero-order valence-electron chi connectivity index (χ0n) is 15.2. The van der Waals surface area contributed by atoms with Crippen molar-refractivity contribution in [1.29, 1.82) is 0 Å². The number of rotatable bonds is 5. The van der Waals surface area contributed by atoms with Gasteiger partial charge in [-0.3, -0.25) is 4.79 Å². The second-order valence-electron chi connectivity index (χ2n) is 6.53. The summed E-state index contributed by atoms with van der Waals surface area (Å²) >= 11 is 18.3. The molecule has 0 saturated heterocycles. The summed E-state index contributed by atoms with van der Waals surface area (Å²) < 4.78 is 2.05. The highest BCUT2D eigenvalue weighted by Crippen LogP contribution is 2.24. The van der Waals surface area contributed by atoms with Gasteiger partial charge in [-0.15, -0.1) is 0 Å². The summed E-state index contributed by atoms with van der Waals surface area (Å²) in [5.41, 5.74) is 3.28. The number of nitrogens with one attached hydrogen (secondary N) is 1. The van der Waals surface area contributed by atoms with Crippen molar-refractivity contribution in [3.63, 3.8) is 0 Å². The Hall–Kier alpha value is -2.53. The highest BCUT2D eigenvalue weighted by molar-refractivity contribution is 6.35. The summed E-state index contributed by atoms with van der Waals surface area (Å²) in [5.74, 6) is 0.546. The highest BCUT2D eigenvalue weighted by atomic mass is 35.5. The fourth-order valence-electron chi connectivity index (χ4n) is 3.12. The maximum absolute atomic E-state index is 12.5. The summed E-state index contributed by atoms with van der Waals surface area (Å²) in [4.78, 5) is 17.2. The molecule has 3 aromatic carbocycles. The van der Waals surface area contributed by atoms with Crippen LogP contribution in [-0.2, 0) is 13.1 Å². The van der Waals surface area contributed by atoms with Crippen LogP contribution in [-0.4, -0.2) is 15.5 Å². The maximum atomic E-state index is 12.5. The molecule has 0 atom stereocenters. The quantitative estimate of drug-likeness (QED) is 0.412. The number of halogens is 3. The lowest BCUT2D eigenvalue weighted by atomic mass is 10.2. The van der Waals surface area contributed by atoms with Crippen LogP contribution >= 0.6 is 34.8 Å². The minimum absolute atomic E-state index is 0.190. The van der Waals surface area contributed by atoms with Gasteiger partial charge in [0, 0.05) is 20.6 Å². The predicted molar refractivity (Wildman–Crippen MR) is 118 cm³/mol. The van der Waals surface area contributed by atoms with Gasteiger partial charge in [0.1, 0.15) is 5.82 Å². The monoisotopic (exact) mass is 443 g/mol. The van der Waals surface area contributed by atoms with E-state index in [0.29, 0.717) is 27.2 Å². The average molecular weight is 445 g/mol. The first-order valence-electron chi connectivity index (χ1n) is 8.93. The van der Waals surface area contributed by atoms with Gasteiger partial charge in [0.15, 0.2) is 0 Å². The van der Waals surface area contributed by atoms with Crippen molar-refractivity contribution in [2.45, 2.75) is 13.1 Å². The molecule has 0 aliphatic carbocycles. The van der Waals surface area contributed by atoms with Crippen molar-refractivity contribution < 1.29 is 4.79 Å². The molecule has 1 N–H and O–H groups in total. The normalized spacial score (nSPS) is 11.0. The van der Waals surface area contributed by atoms with Crippen molar-refractivity contribution in [3.8, 4) is 0 Å². The molecule has 4 nitrogen and oxygen atoms in total. The Morgan fingerprint density at radius 2 is 1.66 bits per heavy atom. The molecule has 146 valence electrons. The average Bonchev–Trinajstić information content (AvgIpc) is 3.06. The van der Waals surface area contributed by atoms with Crippen molar-refractivity contribution in [1.82, 2.24) is 14.9 Å². The molecular weight excluding hydrogens is 429 g/mol. The van der Waals surface area contributed by atoms with E-state index in [1.165, 1.54) is 0 Å². The SMILES string of the molecule is O=C(NCc1nc2ccccc2n1Cc1ccc(Cl)cc1Cl)c1ccc(Cl)cc1. The van der Waals surface area contributed by atoms with E-state index in [1.807, 2.05) is 41.0 Å². The summed E-state index contributed by atoms with van der Waals surface area (Å²) in [5, 5.41) is 4.69. The van der Waals surface area contributed by atoms with Crippen LogP contribution in [0.5, 0.6) is 0 Å². The van der Waals surface area contributed by atoms with Gasteiger partial charge in [-0.25, -0.2) is 4.98 Å². The third-order valence-electron chi connectivity index (χ3n) is 4.59. The Kier molecular flexibility index (Phi) is 5.76. The van der Waals surface area contributed by atoms with E-state index < -0.39 is 0 Å². The fraction of sp³-hybridized carbons (Fsp3) is 0.0909. The predicted octanol–water partition coefficient (Wildman–Crippen LogP) is 5.97. The van der Waals surface area contributed by atoms with Crippen LogP contribution in [0, 0.1) is 0 Å². The van der Waals surface area contributed by atoms with Crippen LogP contribution < -0.4 is 5.32 Å². The summed E-state index contributed by atoms with van der Waals surface area (Å²) in [6.07, 6.45) is 0. The number of hydrogen-bond acceptors (Lipinski definition) is 2. The number of imidazole rings is 1. The van der Waals surface area contributed by atoms with E-state index in [2.05, 4.69) is 5.32 Å². The third-order valence-corrected chi connectivity index (χ3v) is 5.43. The Balaban J connectivity index is 1.62. The third kappa shape index (κ3) is 4.40. The number of fused-ring (bicyclic) bond motifs is 1. The van der Waals surface area contributed by atoms with Gasteiger partial charge in [0.25, 0.3) is 5.91 Å². The topological polar surface area (TPSA) is 46.9 Å². The van der Waals surface area contributed by atoms with E-state index in [0.717, 1.165) is 22.4 Å². The van der Waals surface area contributed by atoms with Gasteiger partial charge >= 0.3 is 0 Å². The highest BCUT2D eigenvalue weighted by Gasteiger charge is 2.14. The smallest absolute Gasteiger partial charge is 0.251 e. The Labute approximate surface area is 183 Å². The van der Waals surface area contributed by atoms with E-state index in [1.54, 1.807) is 30.3 Å². The summed E-state index contributed by atoms with van der Waals surface area (Å²) in [6.45, 7) is 0.796. The number of carbonyl (C=O) groups is 1. The molecule has 29 heavy (non-hydrogen) atoms. The van der Waals surface area contributed by atoms with Gasteiger partial charge in [0.2, 0.25) is 0 Å². The molecule has 1 heterocycles. The number of carbonyl (C=O) groups excluding carboxylic acids is 1. The summed E-state index contributed by atoms with van der Waals surface area (Å²) in [6, 6.07) is 20.0. The molecule has 1 amide bonds. The molecule has 4 rings (SSSR count). The molecule has 4 aromatic rings. The van der Waals surface area contributed by atoms with Crippen molar-refractivity contribution >= 4 is 51.7 Å². The largest absolute Gasteiger partial charge is 0.345 e. The van der Waals surface area contributed by atoms with Crippen LogP contribution in [0.1, 0.15) is 21.7 Å². The van der Waals surface area contributed by atoms with Gasteiger partial charge in [0.05, 0.1) is 24.1 Å². The van der Waals surface area contributed by atoms with Crippen molar-refractivity contribution in [2.24, 2.45) is 0 Å². The van der Waals surface area contributed by atoms with Crippen LogP contribution in [0.3, 0.4) is 0 Å². The minimum atomic E-state index is -0.190. The first kappa shape index (κ1) is 19.8. The standard InChI is InChI=1S/C22H16Cl3N3O/c23-16-8-5-14(6-9-16)22(29)26-12-21-27-19-3-1-2-4-20(19)28(21)13-15-7-10-17(24)11-18(15)25/h1-11H,12-13H2,(H,26,29). The van der Waals surface area contributed by atoms with E-state index in [-0.39, 0.29) is 12.5 Å². The molecule has 0 unspecified atom stereocenters. The van der Waals surface area contributed by atoms with Crippen LogP contribution in [0.4, 0.5) is 0 Å². The van der Waals surface area contributed by atoms with Gasteiger partial charge in [-0.1, -0.05) is 53.0 Å². The van der Waals surface area contributed by atoms with Gasteiger partial charge < -0.3 is 9.88 Å². The zero-order chi connectivity index (χ0) is 20.4. The molecule has 0 aliphatic heterocycles. The number of benzene rings is 3. The lowest BCUT2D eigenvalue weighted by Gasteiger charge is -2.12. The maximum Gasteiger partial charge on any atom is 0.251 e. The number of aromatic nitrogens is 2. The fourth-order valence-corrected chi connectivity index (χ4v) is 3.71. The van der Waals surface area contributed by atoms with Gasteiger partial charge in [-0.2, -0.15) is 0 Å². The van der Waals surface area contributed by atoms with E-state index >= 15 is 0 Å². The Morgan fingerprint density at radius 1 is 0.931 bits per heavy atom. The van der Waals surface area contributed by atoms with E-state index in [4.69, 9.17) is 39.8 Å². The second-order valence-corrected chi connectivity index (χ2v) is 7.81. The van der Waals surface area contributed by atoms with Gasteiger partial charge in [-0.05, 0) is 54.1 Å². The van der Waals surface area contributed by atoms with E-state index in [9.17, 15) is 4.79 Å². The Morgan fingerprint density at radius 3 is 2.41 bits per heavy atom. The lowest BCUT2D eigenvalue weighted by Crippen LogP contribution is -2.24. The molecule has 0 radical (unpaired) electrons. The zero-order valence-corrected chi connectivity index (χ0v) is 17.5. The number of hydrogen-bond donors (Lipinski definition) is 1. The number of amides is 1. The molecule has 0 bridgehead atoms.